The summed E-state index contributed by atoms with van der Waals surface area (Å²) in [6.07, 6.45) is 0. The van der Waals surface area contributed by atoms with Crippen LogP contribution >= 0.6 is 0 Å². The number of carbonyl (C=O) groups is 2. The van der Waals surface area contributed by atoms with Gasteiger partial charge in [-0.2, -0.15) is 0 Å². The Kier molecular flexibility index (Phi) is 10.2. The maximum atomic E-state index is 9.49. The second kappa shape index (κ2) is 8.94. The average molecular weight is 162 g/mol. The Morgan fingerprint density at radius 1 is 1.64 bits per heavy atom. The number of carboxylic acids is 1. The largest absolute Gasteiger partial charge is 0.481 e. The summed E-state index contributed by atoms with van der Waals surface area (Å²) in [6, 6.07) is 0. The summed E-state index contributed by atoms with van der Waals surface area (Å²) >= 11 is 0. The van der Waals surface area contributed by atoms with Gasteiger partial charge >= 0.3 is 0 Å². The standard InChI is InChI=1S/C5H10O2.C2H4O2/c1-5(2)3-7-4-6;1-2(3)4/h4-5H,3H2,1-2H3;1H3,(H,3,4). The van der Waals surface area contributed by atoms with E-state index < -0.39 is 5.97 Å². The van der Waals surface area contributed by atoms with Gasteiger partial charge < -0.3 is 9.84 Å². The minimum Gasteiger partial charge on any atom is -0.481 e. The molecular formula is C7H14O4. The van der Waals surface area contributed by atoms with Crippen molar-refractivity contribution in [3.8, 4) is 0 Å². The van der Waals surface area contributed by atoms with Gasteiger partial charge in [0.1, 0.15) is 0 Å². The Morgan fingerprint density at radius 3 is 2.09 bits per heavy atom. The van der Waals surface area contributed by atoms with Crippen LogP contribution in [0.4, 0.5) is 0 Å². The number of hydrogen-bond donors (Lipinski definition) is 1. The molecule has 0 fully saturated rings. The first-order valence-corrected chi connectivity index (χ1v) is 3.25. The second-order valence-electron chi connectivity index (χ2n) is 2.34. The molecule has 0 aromatic carbocycles. The van der Waals surface area contributed by atoms with E-state index in [-0.39, 0.29) is 0 Å². The molecule has 4 nitrogen and oxygen atoms in total. The van der Waals surface area contributed by atoms with E-state index in [9.17, 15) is 4.79 Å². The first kappa shape index (κ1) is 12.6. The Morgan fingerprint density at radius 2 is 2.00 bits per heavy atom. The predicted octanol–water partition coefficient (Wildman–Crippen LogP) is 0.906. The lowest BCUT2D eigenvalue weighted by Crippen LogP contribution is -1.98. The van der Waals surface area contributed by atoms with E-state index in [0.29, 0.717) is 19.0 Å². The lowest BCUT2D eigenvalue weighted by molar-refractivity contribution is -0.134. The topological polar surface area (TPSA) is 63.6 Å². The van der Waals surface area contributed by atoms with E-state index in [2.05, 4.69) is 4.74 Å². The molecule has 0 saturated carbocycles. The molecule has 0 aliphatic carbocycles. The Bertz CT molecular complexity index is 105. The molecule has 1 N–H and O–H groups in total. The van der Waals surface area contributed by atoms with E-state index in [0.717, 1.165) is 6.92 Å². The van der Waals surface area contributed by atoms with E-state index in [1.807, 2.05) is 13.8 Å². The molecule has 0 atom stereocenters. The first-order chi connectivity index (χ1) is 5.00. The van der Waals surface area contributed by atoms with Gasteiger partial charge in [0.2, 0.25) is 0 Å². The zero-order valence-electron chi connectivity index (χ0n) is 7.03. The van der Waals surface area contributed by atoms with Gasteiger partial charge in [-0.25, -0.2) is 0 Å². The highest BCUT2D eigenvalue weighted by Crippen LogP contribution is 1.88. The van der Waals surface area contributed by atoms with Gasteiger partial charge in [-0.15, -0.1) is 0 Å². The van der Waals surface area contributed by atoms with Crippen molar-refractivity contribution in [1.82, 2.24) is 0 Å². The molecule has 0 amide bonds. The minimum atomic E-state index is -0.833. The van der Waals surface area contributed by atoms with Crippen molar-refractivity contribution < 1.29 is 19.4 Å². The molecule has 0 radical (unpaired) electrons. The molecule has 0 heterocycles. The molecule has 0 rings (SSSR count). The third-order valence-electron chi connectivity index (χ3n) is 0.498. The highest BCUT2D eigenvalue weighted by molar-refractivity contribution is 5.62. The summed E-state index contributed by atoms with van der Waals surface area (Å²) in [5.41, 5.74) is 0. The van der Waals surface area contributed by atoms with Crippen LogP contribution in [0.3, 0.4) is 0 Å². The molecule has 66 valence electrons. The van der Waals surface area contributed by atoms with Gasteiger partial charge in [0.05, 0.1) is 6.61 Å². The monoisotopic (exact) mass is 162 g/mol. The zero-order chi connectivity index (χ0) is 9.28. The van der Waals surface area contributed by atoms with Gasteiger partial charge in [-0.1, -0.05) is 13.8 Å². The Hall–Kier alpha value is -1.06. The summed E-state index contributed by atoms with van der Waals surface area (Å²) in [5.74, 6) is -0.384. The van der Waals surface area contributed by atoms with E-state index in [1.54, 1.807) is 0 Å². The quantitative estimate of drug-likeness (QED) is 0.626. The third kappa shape index (κ3) is 49.8. The molecule has 0 spiro atoms. The van der Waals surface area contributed by atoms with Crippen molar-refractivity contribution in [2.24, 2.45) is 5.92 Å². The van der Waals surface area contributed by atoms with Gasteiger partial charge in [0.15, 0.2) is 0 Å². The first-order valence-electron chi connectivity index (χ1n) is 3.25. The van der Waals surface area contributed by atoms with Crippen molar-refractivity contribution >= 4 is 12.4 Å². The number of carboxylic acid groups (broad SMARTS) is 1. The van der Waals surface area contributed by atoms with Crippen LogP contribution in [-0.4, -0.2) is 24.2 Å². The molecule has 0 saturated heterocycles. The number of aliphatic carboxylic acids is 1. The number of rotatable bonds is 3. The van der Waals surface area contributed by atoms with Crippen molar-refractivity contribution in [3.63, 3.8) is 0 Å². The third-order valence-corrected chi connectivity index (χ3v) is 0.498. The number of ether oxygens (including phenoxy) is 1. The van der Waals surface area contributed by atoms with Crippen LogP contribution in [0.1, 0.15) is 20.8 Å². The predicted molar refractivity (Wildman–Crippen MR) is 40.2 cm³/mol. The summed E-state index contributed by atoms with van der Waals surface area (Å²) < 4.78 is 4.41. The van der Waals surface area contributed by atoms with Gasteiger partial charge in [0.25, 0.3) is 12.4 Å². The fourth-order valence-corrected chi connectivity index (χ4v) is 0.232. The Labute approximate surface area is 66.2 Å². The Balaban J connectivity index is 0. The van der Waals surface area contributed by atoms with E-state index >= 15 is 0 Å². The minimum absolute atomic E-state index is 0.449. The van der Waals surface area contributed by atoms with Crippen LogP contribution in [-0.2, 0) is 14.3 Å². The average Bonchev–Trinajstić information content (AvgIpc) is 1.82. The highest BCUT2D eigenvalue weighted by Gasteiger charge is 1.88. The van der Waals surface area contributed by atoms with Crippen molar-refractivity contribution in [3.05, 3.63) is 0 Å². The SMILES string of the molecule is CC(=O)O.CC(C)COC=O. The van der Waals surface area contributed by atoms with Crippen LogP contribution in [0.5, 0.6) is 0 Å². The molecule has 0 unspecified atom stereocenters. The van der Waals surface area contributed by atoms with Gasteiger partial charge in [-0.05, 0) is 5.92 Å². The van der Waals surface area contributed by atoms with E-state index in [4.69, 9.17) is 9.90 Å². The zero-order valence-corrected chi connectivity index (χ0v) is 7.03. The lowest BCUT2D eigenvalue weighted by Gasteiger charge is -1.98. The summed E-state index contributed by atoms with van der Waals surface area (Å²) in [4.78, 5) is 18.5. The van der Waals surface area contributed by atoms with Crippen molar-refractivity contribution in [2.75, 3.05) is 6.61 Å². The number of hydrogen-bond acceptors (Lipinski definition) is 3. The molecule has 0 aromatic heterocycles. The van der Waals surface area contributed by atoms with Crippen LogP contribution in [0.15, 0.2) is 0 Å². The second-order valence-corrected chi connectivity index (χ2v) is 2.34. The maximum Gasteiger partial charge on any atom is 0.300 e. The molecular weight excluding hydrogens is 148 g/mol. The van der Waals surface area contributed by atoms with E-state index in [1.165, 1.54) is 0 Å². The van der Waals surface area contributed by atoms with Crippen LogP contribution < -0.4 is 0 Å². The number of carbonyl (C=O) groups excluding carboxylic acids is 1. The summed E-state index contributed by atoms with van der Waals surface area (Å²) in [6.45, 7) is 6.07. The fourth-order valence-electron chi connectivity index (χ4n) is 0.232. The van der Waals surface area contributed by atoms with Crippen molar-refractivity contribution in [1.29, 1.82) is 0 Å². The molecule has 4 heteroatoms. The van der Waals surface area contributed by atoms with Gasteiger partial charge in [-0.3, -0.25) is 9.59 Å². The summed E-state index contributed by atoms with van der Waals surface area (Å²) in [5, 5.41) is 7.42. The highest BCUT2D eigenvalue weighted by atomic mass is 16.5. The lowest BCUT2D eigenvalue weighted by atomic mass is 10.2. The van der Waals surface area contributed by atoms with Crippen molar-refractivity contribution in [2.45, 2.75) is 20.8 Å². The van der Waals surface area contributed by atoms with Gasteiger partial charge in [0, 0.05) is 6.92 Å². The van der Waals surface area contributed by atoms with Crippen LogP contribution in [0.2, 0.25) is 0 Å². The summed E-state index contributed by atoms with van der Waals surface area (Å²) in [7, 11) is 0. The maximum absolute atomic E-state index is 9.49. The normalized spacial score (nSPS) is 8.00. The molecule has 0 bridgehead atoms. The molecule has 11 heavy (non-hydrogen) atoms. The molecule has 0 aromatic rings. The van der Waals surface area contributed by atoms with Crippen LogP contribution in [0.25, 0.3) is 0 Å². The fraction of sp³-hybridized carbons (Fsp3) is 0.714. The smallest absolute Gasteiger partial charge is 0.300 e. The van der Waals surface area contributed by atoms with Crippen LogP contribution in [0, 0.1) is 5.92 Å². The molecule has 0 aliphatic rings. The molecule has 0 aliphatic heterocycles.